The highest BCUT2D eigenvalue weighted by Gasteiger charge is 2.38. The van der Waals surface area contributed by atoms with E-state index in [4.69, 9.17) is 0 Å². The third-order valence-electron chi connectivity index (χ3n) is 4.30. The number of alkyl halides is 6. The van der Waals surface area contributed by atoms with E-state index in [9.17, 15) is 39.9 Å². The van der Waals surface area contributed by atoms with Crippen molar-refractivity contribution in [2.75, 3.05) is 5.32 Å². The van der Waals surface area contributed by atoms with Crippen LogP contribution in [0.5, 0.6) is 0 Å². The standard InChI is InChI=1S/C21H11F8NO/c22-17-7-3-5-14(18(17)23)19(31)30-11-8-9-13(16(10-11)21(27,28)29)12-4-1-2-6-15(12)20(24,25)26/h1-10H,(H,30,31). The van der Waals surface area contributed by atoms with Gasteiger partial charge in [-0.1, -0.05) is 30.3 Å². The topological polar surface area (TPSA) is 29.1 Å². The van der Waals surface area contributed by atoms with Gasteiger partial charge in [0.15, 0.2) is 11.6 Å². The zero-order valence-electron chi connectivity index (χ0n) is 15.2. The third kappa shape index (κ3) is 4.68. The minimum Gasteiger partial charge on any atom is -0.322 e. The van der Waals surface area contributed by atoms with E-state index in [0.717, 1.165) is 48.5 Å². The number of carbonyl (C=O) groups excluding carboxylic acids is 1. The van der Waals surface area contributed by atoms with Gasteiger partial charge in [-0.05, 0) is 41.5 Å². The number of carbonyl (C=O) groups is 1. The normalized spacial score (nSPS) is 12.0. The van der Waals surface area contributed by atoms with Crippen molar-refractivity contribution in [3.05, 3.63) is 89.0 Å². The average molecular weight is 445 g/mol. The van der Waals surface area contributed by atoms with E-state index in [1.807, 2.05) is 5.32 Å². The van der Waals surface area contributed by atoms with Crippen LogP contribution in [-0.2, 0) is 12.4 Å². The molecule has 0 heterocycles. The Morgan fingerprint density at radius 2 is 1.32 bits per heavy atom. The number of halogens is 8. The molecule has 0 aliphatic rings. The molecule has 31 heavy (non-hydrogen) atoms. The van der Waals surface area contributed by atoms with Crippen molar-refractivity contribution in [1.29, 1.82) is 0 Å². The molecule has 1 amide bonds. The van der Waals surface area contributed by atoms with Gasteiger partial charge in [0.25, 0.3) is 5.91 Å². The summed E-state index contributed by atoms with van der Waals surface area (Å²) < 4.78 is 108. The summed E-state index contributed by atoms with van der Waals surface area (Å²) in [5.74, 6) is -4.05. The number of anilines is 1. The average Bonchev–Trinajstić information content (AvgIpc) is 2.68. The summed E-state index contributed by atoms with van der Waals surface area (Å²) in [6.45, 7) is 0. The van der Waals surface area contributed by atoms with E-state index < -0.39 is 63.4 Å². The molecule has 2 nitrogen and oxygen atoms in total. The van der Waals surface area contributed by atoms with Crippen molar-refractivity contribution in [2.24, 2.45) is 0 Å². The molecule has 0 unspecified atom stereocenters. The maximum absolute atomic E-state index is 13.7. The lowest BCUT2D eigenvalue weighted by Gasteiger charge is -2.18. The number of rotatable bonds is 3. The first-order chi connectivity index (χ1) is 14.4. The van der Waals surface area contributed by atoms with Crippen LogP contribution >= 0.6 is 0 Å². The van der Waals surface area contributed by atoms with Crippen LogP contribution in [-0.4, -0.2) is 5.91 Å². The van der Waals surface area contributed by atoms with Gasteiger partial charge in [0.2, 0.25) is 0 Å². The zero-order valence-corrected chi connectivity index (χ0v) is 15.2. The fourth-order valence-corrected chi connectivity index (χ4v) is 2.93. The molecule has 0 spiro atoms. The number of amides is 1. The highest BCUT2D eigenvalue weighted by atomic mass is 19.4. The quantitative estimate of drug-likeness (QED) is 0.436. The first-order valence-corrected chi connectivity index (χ1v) is 8.53. The van der Waals surface area contributed by atoms with Crippen LogP contribution in [0.1, 0.15) is 21.5 Å². The molecular formula is C21H11F8NO. The molecule has 3 aromatic rings. The second kappa shape index (κ2) is 8.01. The van der Waals surface area contributed by atoms with E-state index in [-0.39, 0.29) is 0 Å². The van der Waals surface area contributed by atoms with Crippen molar-refractivity contribution in [1.82, 2.24) is 0 Å². The Balaban J connectivity index is 2.07. The van der Waals surface area contributed by atoms with Crippen LogP contribution in [0.3, 0.4) is 0 Å². The summed E-state index contributed by atoms with van der Waals surface area (Å²) in [5.41, 5.74) is -5.37. The maximum atomic E-state index is 13.7. The van der Waals surface area contributed by atoms with Crippen LogP contribution in [0.4, 0.5) is 40.8 Å². The number of hydrogen-bond donors (Lipinski definition) is 1. The Labute approximate surface area is 170 Å². The fourth-order valence-electron chi connectivity index (χ4n) is 2.93. The van der Waals surface area contributed by atoms with Crippen LogP contribution in [0.25, 0.3) is 11.1 Å². The first kappa shape index (κ1) is 22.3. The summed E-state index contributed by atoms with van der Waals surface area (Å²) >= 11 is 0. The molecule has 0 fully saturated rings. The molecule has 0 radical (unpaired) electrons. The summed E-state index contributed by atoms with van der Waals surface area (Å²) in [6, 6.07) is 8.59. The van der Waals surface area contributed by atoms with Crippen LogP contribution in [0.15, 0.2) is 60.7 Å². The van der Waals surface area contributed by atoms with E-state index in [2.05, 4.69) is 0 Å². The predicted molar refractivity (Wildman–Crippen MR) is 96.2 cm³/mol. The summed E-state index contributed by atoms with van der Waals surface area (Å²) in [4.78, 5) is 12.1. The van der Waals surface area contributed by atoms with Gasteiger partial charge >= 0.3 is 12.4 Å². The largest absolute Gasteiger partial charge is 0.417 e. The number of nitrogens with one attached hydrogen (secondary N) is 1. The Bertz CT molecular complexity index is 1130. The smallest absolute Gasteiger partial charge is 0.322 e. The molecule has 162 valence electrons. The first-order valence-electron chi connectivity index (χ1n) is 8.53. The summed E-state index contributed by atoms with van der Waals surface area (Å²) in [6.07, 6.45) is -9.97. The third-order valence-corrected chi connectivity index (χ3v) is 4.30. The van der Waals surface area contributed by atoms with Crippen molar-refractivity contribution in [2.45, 2.75) is 12.4 Å². The minimum atomic E-state index is -5.07. The lowest BCUT2D eigenvalue weighted by atomic mass is 9.94. The van der Waals surface area contributed by atoms with E-state index in [1.54, 1.807) is 0 Å². The fraction of sp³-hybridized carbons (Fsp3) is 0.0952. The minimum absolute atomic E-state index is 0.428. The van der Waals surface area contributed by atoms with Gasteiger partial charge in [-0.2, -0.15) is 26.3 Å². The molecule has 0 bridgehead atoms. The lowest BCUT2D eigenvalue weighted by molar-refractivity contribution is -0.139. The SMILES string of the molecule is O=C(Nc1ccc(-c2ccccc2C(F)(F)F)c(C(F)(F)F)c1)c1cccc(F)c1F. The second-order valence-electron chi connectivity index (χ2n) is 6.36. The lowest BCUT2D eigenvalue weighted by Crippen LogP contribution is -2.16. The van der Waals surface area contributed by atoms with E-state index >= 15 is 0 Å². The highest BCUT2D eigenvalue weighted by Crippen LogP contribution is 2.43. The van der Waals surface area contributed by atoms with Gasteiger partial charge in [-0.15, -0.1) is 0 Å². The molecule has 0 aromatic heterocycles. The molecule has 10 heteroatoms. The Morgan fingerprint density at radius 3 is 1.97 bits per heavy atom. The molecule has 0 atom stereocenters. The van der Waals surface area contributed by atoms with Gasteiger partial charge in [0.1, 0.15) is 0 Å². The predicted octanol–water partition coefficient (Wildman–Crippen LogP) is 6.92. The van der Waals surface area contributed by atoms with Crippen LogP contribution < -0.4 is 5.32 Å². The van der Waals surface area contributed by atoms with Gasteiger partial charge in [0, 0.05) is 5.69 Å². The number of hydrogen-bond acceptors (Lipinski definition) is 1. The molecule has 0 saturated carbocycles. The molecule has 1 N–H and O–H groups in total. The maximum Gasteiger partial charge on any atom is 0.417 e. The van der Waals surface area contributed by atoms with Crippen LogP contribution in [0, 0.1) is 11.6 Å². The second-order valence-corrected chi connectivity index (χ2v) is 6.36. The van der Waals surface area contributed by atoms with Gasteiger partial charge in [-0.3, -0.25) is 4.79 Å². The van der Waals surface area contributed by atoms with Crippen LogP contribution in [0.2, 0.25) is 0 Å². The van der Waals surface area contributed by atoms with Gasteiger partial charge < -0.3 is 5.32 Å². The van der Waals surface area contributed by atoms with E-state index in [0.29, 0.717) is 12.1 Å². The van der Waals surface area contributed by atoms with Gasteiger partial charge in [-0.25, -0.2) is 8.78 Å². The molecular weight excluding hydrogens is 434 g/mol. The molecule has 0 saturated heterocycles. The van der Waals surface area contributed by atoms with Crippen molar-refractivity contribution in [3.8, 4) is 11.1 Å². The Morgan fingerprint density at radius 1 is 0.710 bits per heavy atom. The van der Waals surface area contributed by atoms with Crippen molar-refractivity contribution < 1.29 is 39.9 Å². The van der Waals surface area contributed by atoms with Crippen molar-refractivity contribution in [3.63, 3.8) is 0 Å². The zero-order chi connectivity index (χ0) is 23.0. The molecule has 0 aliphatic carbocycles. The van der Waals surface area contributed by atoms with Crippen molar-refractivity contribution >= 4 is 11.6 Å². The molecule has 3 aromatic carbocycles. The number of benzene rings is 3. The molecule has 0 aliphatic heterocycles. The highest BCUT2D eigenvalue weighted by molar-refractivity contribution is 6.04. The summed E-state index contributed by atoms with van der Waals surface area (Å²) in [5, 5.41) is 1.99. The van der Waals surface area contributed by atoms with E-state index in [1.165, 1.54) is 0 Å². The monoisotopic (exact) mass is 445 g/mol. The summed E-state index contributed by atoms with van der Waals surface area (Å²) in [7, 11) is 0. The molecule has 3 rings (SSSR count). The Hall–Kier alpha value is -3.43. The Kier molecular flexibility index (Phi) is 5.75. The van der Waals surface area contributed by atoms with Gasteiger partial charge in [0.05, 0.1) is 16.7 Å².